The Morgan fingerprint density at radius 2 is 2.00 bits per heavy atom. The van der Waals surface area contributed by atoms with E-state index in [4.69, 9.17) is 16.1 Å². The number of hydrogen-bond acceptors (Lipinski definition) is 6. The molecule has 6 nitrogen and oxygen atoms in total. The second kappa shape index (κ2) is 7.21. The molecule has 1 unspecified atom stereocenters. The second-order valence-electron chi connectivity index (χ2n) is 4.98. The number of aryl methyl sites for hydroxylation is 1. The average Bonchev–Trinajstić information content (AvgIpc) is 2.85. The van der Waals surface area contributed by atoms with Crippen LogP contribution in [-0.2, 0) is 22.0 Å². The van der Waals surface area contributed by atoms with Crippen molar-refractivity contribution in [2.75, 3.05) is 5.75 Å². The van der Waals surface area contributed by atoms with Gasteiger partial charge >= 0.3 is 0 Å². The molecule has 0 amide bonds. The number of aliphatic hydroxyl groups excluding tert-OH is 1. The standard InChI is InChI=1S/C14H17ClN2O4S/c1-2-3-13-16-14(21-17-13)9-22(19,20)8-12(18)10-4-6-11(15)7-5-10/h4-7,12,18H,2-3,8-9H2,1H3. The van der Waals surface area contributed by atoms with Gasteiger partial charge in [0, 0.05) is 11.4 Å². The van der Waals surface area contributed by atoms with Crippen molar-refractivity contribution in [3.63, 3.8) is 0 Å². The maximum Gasteiger partial charge on any atom is 0.241 e. The fourth-order valence-corrected chi connectivity index (χ4v) is 3.35. The fourth-order valence-electron chi connectivity index (χ4n) is 1.94. The lowest BCUT2D eigenvalue weighted by molar-refractivity contribution is 0.201. The maximum absolute atomic E-state index is 12.1. The molecule has 0 bridgehead atoms. The van der Waals surface area contributed by atoms with Gasteiger partial charge in [-0.15, -0.1) is 0 Å². The highest BCUT2D eigenvalue weighted by atomic mass is 35.5. The van der Waals surface area contributed by atoms with E-state index in [0.29, 0.717) is 22.8 Å². The predicted molar refractivity (Wildman–Crippen MR) is 82.2 cm³/mol. The lowest BCUT2D eigenvalue weighted by Gasteiger charge is -2.10. The molecule has 1 atom stereocenters. The SMILES string of the molecule is CCCc1noc(CS(=O)(=O)CC(O)c2ccc(Cl)cc2)n1. The number of aliphatic hydroxyl groups is 1. The molecule has 0 aliphatic carbocycles. The molecule has 1 aromatic carbocycles. The topological polar surface area (TPSA) is 93.3 Å². The van der Waals surface area contributed by atoms with Crippen molar-refractivity contribution in [2.45, 2.75) is 31.6 Å². The number of aromatic nitrogens is 2. The van der Waals surface area contributed by atoms with Crippen molar-refractivity contribution in [2.24, 2.45) is 0 Å². The minimum absolute atomic E-state index is 0.0479. The molecule has 0 saturated heterocycles. The van der Waals surface area contributed by atoms with Crippen molar-refractivity contribution < 1.29 is 18.0 Å². The van der Waals surface area contributed by atoms with E-state index in [1.165, 1.54) is 0 Å². The van der Waals surface area contributed by atoms with Crippen LogP contribution in [0.1, 0.15) is 36.7 Å². The zero-order valence-corrected chi connectivity index (χ0v) is 13.6. The van der Waals surface area contributed by atoms with Gasteiger partial charge in [-0.25, -0.2) is 8.42 Å². The number of sulfone groups is 1. The molecule has 0 spiro atoms. The summed E-state index contributed by atoms with van der Waals surface area (Å²) in [6.45, 7) is 1.97. The summed E-state index contributed by atoms with van der Waals surface area (Å²) in [4.78, 5) is 4.02. The van der Waals surface area contributed by atoms with Crippen LogP contribution in [0.4, 0.5) is 0 Å². The van der Waals surface area contributed by atoms with E-state index >= 15 is 0 Å². The molecule has 2 rings (SSSR count). The van der Waals surface area contributed by atoms with Crippen LogP contribution < -0.4 is 0 Å². The largest absolute Gasteiger partial charge is 0.387 e. The summed E-state index contributed by atoms with van der Waals surface area (Å²) < 4.78 is 29.1. The number of hydrogen-bond donors (Lipinski definition) is 1. The van der Waals surface area contributed by atoms with Crippen molar-refractivity contribution in [3.05, 3.63) is 46.6 Å². The smallest absolute Gasteiger partial charge is 0.241 e. The maximum atomic E-state index is 12.1. The van der Waals surface area contributed by atoms with Crippen LogP contribution in [0, 0.1) is 0 Å². The van der Waals surface area contributed by atoms with E-state index in [0.717, 1.165) is 6.42 Å². The molecule has 2 aromatic rings. The highest BCUT2D eigenvalue weighted by Gasteiger charge is 2.22. The van der Waals surface area contributed by atoms with Gasteiger partial charge in [0.05, 0.1) is 11.9 Å². The first kappa shape index (κ1) is 16.9. The zero-order chi connectivity index (χ0) is 16.2. The van der Waals surface area contributed by atoms with Crippen LogP contribution in [0.25, 0.3) is 0 Å². The van der Waals surface area contributed by atoms with Gasteiger partial charge in [-0.1, -0.05) is 35.8 Å². The van der Waals surface area contributed by atoms with Gasteiger partial charge in [-0.3, -0.25) is 0 Å². The van der Waals surface area contributed by atoms with Gasteiger partial charge in [0.25, 0.3) is 0 Å². The monoisotopic (exact) mass is 344 g/mol. The van der Waals surface area contributed by atoms with Crippen LogP contribution in [0.2, 0.25) is 5.02 Å². The van der Waals surface area contributed by atoms with Gasteiger partial charge in [0.2, 0.25) is 5.89 Å². The summed E-state index contributed by atoms with van der Waals surface area (Å²) in [6, 6.07) is 6.38. The second-order valence-corrected chi connectivity index (χ2v) is 7.52. The van der Waals surface area contributed by atoms with Gasteiger partial charge in [-0.2, -0.15) is 4.98 Å². The molecule has 1 heterocycles. The first-order chi connectivity index (χ1) is 10.4. The molecule has 0 radical (unpaired) electrons. The first-order valence-corrected chi connectivity index (χ1v) is 9.05. The lowest BCUT2D eigenvalue weighted by atomic mass is 10.1. The van der Waals surface area contributed by atoms with Gasteiger partial charge < -0.3 is 9.63 Å². The summed E-state index contributed by atoms with van der Waals surface area (Å²) in [7, 11) is -3.57. The summed E-state index contributed by atoms with van der Waals surface area (Å²) >= 11 is 5.76. The molecular formula is C14H17ClN2O4S. The van der Waals surface area contributed by atoms with Crippen LogP contribution in [-0.4, -0.2) is 29.4 Å². The van der Waals surface area contributed by atoms with E-state index in [1.54, 1.807) is 24.3 Å². The Morgan fingerprint density at radius 3 is 2.64 bits per heavy atom. The Morgan fingerprint density at radius 1 is 1.32 bits per heavy atom. The lowest BCUT2D eigenvalue weighted by Crippen LogP contribution is -2.16. The van der Waals surface area contributed by atoms with E-state index < -0.39 is 21.7 Å². The molecule has 0 aliphatic heterocycles. The Kier molecular flexibility index (Phi) is 5.55. The molecule has 0 fully saturated rings. The van der Waals surface area contributed by atoms with Crippen LogP contribution in [0.3, 0.4) is 0 Å². The third kappa shape index (κ3) is 4.79. The van der Waals surface area contributed by atoms with Gasteiger partial charge in [0.15, 0.2) is 15.7 Å². The highest BCUT2D eigenvalue weighted by Crippen LogP contribution is 2.19. The summed E-state index contributed by atoms with van der Waals surface area (Å²) in [6.07, 6.45) is 0.359. The quantitative estimate of drug-likeness (QED) is 0.828. The summed E-state index contributed by atoms with van der Waals surface area (Å²) in [5.74, 6) is -0.258. The normalized spacial score (nSPS) is 13.2. The minimum Gasteiger partial charge on any atom is -0.387 e. The molecule has 1 N–H and O–H groups in total. The van der Waals surface area contributed by atoms with Gasteiger partial charge in [0.1, 0.15) is 5.75 Å². The average molecular weight is 345 g/mol. The Labute approximate surface area is 134 Å². The number of nitrogens with zero attached hydrogens (tertiary/aromatic N) is 2. The fraction of sp³-hybridized carbons (Fsp3) is 0.429. The van der Waals surface area contributed by atoms with Crippen molar-refractivity contribution in [1.29, 1.82) is 0 Å². The summed E-state index contributed by atoms with van der Waals surface area (Å²) in [5.41, 5.74) is 0.491. The van der Waals surface area contributed by atoms with Crippen LogP contribution in [0.15, 0.2) is 28.8 Å². The van der Waals surface area contributed by atoms with E-state index in [1.807, 2.05) is 6.92 Å². The van der Waals surface area contributed by atoms with Crippen LogP contribution in [0.5, 0.6) is 0 Å². The molecule has 22 heavy (non-hydrogen) atoms. The third-order valence-corrected chi connectivity index (χ3v) is 4.76. The first-order valence-electron chi connectivity index (χ1n) is 6.85. The zero-order valence-electron chi connectivity index (χ0n) is 12.1. The Bertz CT molecular complexity index is 713. The molecule has 0 saturated carbocycles. The third-order valence-electron chi connectivity index (χ3n) is 2.99. The molecule has 120 valence electrons. The van der Waals surface area contributed by atoms with Crippen LogP contribution >= 0.6 is 11.6 Å². The Hall–Kier alpha value is -1.44. The van der Waals surface area contributed by atoms with E-state index in [-0.39, 0.29) is 11.6 Å². The Balaban J connectivity index is 2.01. The van der Waals surface area contributed by atoms with Crippen molar-refractivity contribution >= 4 is 21.4 Å². The van der Waals surface area contributed by atoms with Crippen molar-refractivity contribution in [1.82, 2.24) is 10.1 Å². The number of benzene rings is 1. The minimum atomic E-state index is -3.57. The van der Waals surface area contributed by atoms with E-state index in [2.05, 4.69) is 10.1 Å². The molecular weight excluding hydrogens is 328 g/mol. The number of rotatable bonds is 7. The molecule has 0 aliphatic rings. The molecule has 8 heteroatoms. The predicted octanol–water partition coefficient (Wildman–Crippen LogP) is 2.32. The van der Waals surface area contributed by atoms with Gasteiger partial charge in [-0.05, 0) is 24.1 Å². The highest BCUT2D eigenvalue weighted by molar-refractivity contribution is 7.90. The van der Waals surface area contributed by atoms with Crippen molar-refractivity contribution in [3.8, 4) is 0 Å². The molecule has 1 aromatic heterocycles. The number of halogens is 1. The van der Waals surface area contributed by atoms with E-state index in [9.17, 15) is 13.5 Å². The summed E-state index contributed by atoms with van der Waals surface area (Å²) in [5, 5.41) is 14.3.